The molecule has 0 bridgehead atoms. The van der Waals surface area contributed by atoms with E-state index in [2.05, 4.69) is 25.0 Å². The van der Waals surface area contributed by atoms with Gasteiger partial charge in [0.1, 0.15) is 0 Å². The van der Waals surface area contributed by atoms with E-state index in [-0.39, 0.29) is 18.1 Å². The minimum Gasteiger partial charge on any atom is -0.469 e. The number of anilines is 1. The summed E-state index contributed by atoms with van der Waals surface area (Å²) in [6.45, 7) is 3.79. The number of carbonyl (C=O) groups is 1. The summed E-state index contributed by atoms with van der Waals surface area (Å²) in [6, 6.07) is 0.273. The molecule has 0 fully saturated rings. The zero-order valence-corrected chi connectivity index (χ0v) is 12.3. The number of nitrogens with zero attached hydrogens (tertiary/aromatic N) is 3. The van der Waals surface area contributed by atoms with Crippen LogP contribution in [0.15, 0.2) is 5.16 Å². The molecular formula is C11H18N4O3S. The second-order valence-electron chi connectivity index (χ2n) is 3.82. The highest BCUT2D eigenvalue weighted by atomic mass is 32.2. The number of hydrogen-bond acceptors (Lipinski definition) is 8. The standard InChI is InChI=1S/C11H18N4O3S/c1-7(2)18-10-13-9(12-3)14-11(15-10)19-6-5-8(16)17-4/h7H,5-6H2,1-4H3,(H,12,13,14,15). The van der Waals surface area contributed by atoms with Gasteiger partial charge in [0.25, 0.3) is 0 Å². The van der Waals surface area contributed by atoms with Gasteiger partial charge in [0.15, 0.2) is 5.16 Å². The highest BCUT2D eigenvalue weighted by molar-refractivity contribution is 7.99. The molecule has 1 N–H and O–H groups in total. The monoisotopic (exact) mass is 286 g/mol. The molecule has 8 heteroatoms. The Hall–Kier alpha value is -1.57. The van der Waals surface area contributed by atoms with E-state index in [1.807, 2.05) is 13.8 Å². The molecule has 106 valence electrons. The molecule has 19 heavy (non-hydrogen) atoms. The number of aromatic nitrogens is 3. The summed E-state index contributed by atoms with van der Waals surface area (Å²) in [6.07, 6.45) is 0.294. The zero-order valence-electron chi connectivity index (χ0n) is 11.5. The normalized spacial score (nSPS) is 10.4. The van der Waals surface area contributed by atoms with Crippen molar-refractivity contribution in [3.8, 4) is 6.01 Å². The largest absolute Gasteiger partial charge is 0.469 e. The van der Waals surface area contributed by atoms with Gasteiger partial charge in [-0.15, -0.1) is 0 Å². The van der Waals surface area contributed by atoms with Crippen LogP contribution in [0, 0.1) is 0 Å². The molecule has 0 radical (unpaired) electrons. The third kappa shape index (κ3) is 5.73. The molecule has 1 aromatic rings. The van der Waals surface area contributed by atoms with E-state index in [9.17, 15) is 4.79 Å². The predicted molar refractivity (Wildman–Crippen MR) is 72.5 cm³/mol. The summed E-state index contributed by atoms with van der Waals surface area (Å²) in [7, 11) is 3.08. The summed E-state index contributed by atoms with van der Waals surface area (Å²) in [5.41, 5.74) is 0. The van der Waals surface area contributed by atoms with Crippen molar-refractivity contribution in [1.29, 1.82) is 0 Å². The Kier molecular flexibility index (Phi) is 6.34. The van der Waals surface area contributed by atoms with Gasteiger partial charge in [0, 0.05) is 12.8 Å². The second kappa shape index (κ2) is 7.78. The minimum absolute atomic E-state index is 0.0139. The molecule has 1 aromatic heterocycles. The van der Waals surface area contributed by atoms with Crippen molar-refractivity contribution in [3.63, 3.8) is 0 Å². The molecule has 1 heterocycles. The number of rotatable bonds is 7. The predicted octanol–water partition coefficient (Wildman–Crippen LogP) is 1.36. The molecule has 1 rings (SSSR count). The quantitative estimate of drug-likeness (QED) is 0.594. The molecule has 0 aliphatic rings. The van der Waals surface area contributed by atoms with Crippen LogP contribution in [0.25, 0.3) is 0 Å². The number of methoxy groups -OCH3 is 1. The van der Waals surface area contributed by atoms with Gasteiger partial charge in [-0.3, -0.25) is 4.79 Å². The second-order valence-corrected chi connectivity index (χ2v) is 4.88. The Morgan fingerprint density at radius 1 is 1.37 bits per heavy atom. The average molecular weight is 286 g/mol. The highest BCUT2D eigenvalue weighted by Gasteiger charge is 2.09. The van der Waals surface area contributed by atoms with Crippen LogP contribution in [0.5, 0.6) is 6.01 Å². The number of hydrogen-bond donors (Lipinski definition) is 1. The number of thioether (sulfide) groups is 1. The van der Waals surface area contributed by atoms with Crippen LogP contribution in [-0.2, 0) is 9.53 Å². The van der Waals surface area contributed by atoms with Gasteiger partial charge in [0.05, 0.1) is 19.6 Å². The number of nitrogens with one attached hydrogen (secondary N) is 1. The molecule has 0 aliphatic carbocycles. The van der Waals surface area contributed by atoms with Crippen molar-refractivity contribution < 1.29 is 14.3 Å². The maximum absolute atomic E-state index is 11.0. The Labute approximate surface area is 116 Å². The van der Waals surface area contributed by atoms with Gasteiger partial charge in [-0.25, -0.2) is 0 Å². The van der Waals surface area contributed by atoms with E-state index in [0.717, 1.165) is 0 Å². The van der Waals surface area contributed by atoms with Crippen LogP contribution < -0.4 is 10.1 Å². The molecule has 0 unspecified atom stereocenters. The van der Waals surface area contributed by atoms with E-state index in [1.165, 1.54) is 18.9 Å². The van der Waals surface area contributed by atoms with Crippen molar-refractivity contribution in [3.05, 3.63) is 0 Å². The lowest BCUT2D eigenvalue weighted by atomic mass is 10.5. The fourth-order valence-electron chi connectivity index (χ4n) is 1.11. The first-order chi connectivity index (χ1) is 9.05. The minimum atomic E-state index is -0.256. The number of ether oxygens (including phenoxy) is 2. The van der Waals surface area contributed by atoms with E-state index in [1.54, 1.807) is 7.05 Å². The highest BCUT2D eigenvalue weighted by Crippen LogP contribution is 2.18. The molecule has 0 spiro atoms. The summed E-state index contributed by atoms with van der Waals surface area (Å²) in [4.78, 5) is 23.5. The van der Waals surface area contributed by atoms with Crippen LogP contribution in [0.2, 0.25) is 0 Å². The van der Waals surface area contributed by atoms with Gasteiger partial charge in [0.2, 0.25) is 5.95 Å². The first-order valence-electron chi connectivity index (χ1n) is 5.85. The van der Waals surface area contributed by atoms with Crippen LogP contribution in [0.1, 0.15) is 20.3 Å². The van der Waals surface area contributed by atoms with Gasteiger partial charge in [-0.2, -0.15) is 15.0 Å². The molecule has 0 aromatic carbocycles. The maximum Gasteiger partial charge on any atom is 0.322 e. The maximum atomic E-state index is 11.0. The van der Waals surface area contributed by atoms with E-state index < -0.39 is 0 Å². The first kappa shape index (κ1) is 15.5. The van der Waals surface area contributed by atoms with Gasteiger partial charge < -0.3 is 14.8 Å². The topological polar surface area (TPSA) is 86.2 Å². The van der Waals surface area contributed by atoms with Crippen LogP contribution >= 0.6 is 11.8 Å². The molecular weight excluding hydrogens is 268 g/mol. The van der Waals surface area contributed by atoms with Gasteiger partial charge in [-0.1, -0.05) is 11.8 Å². The summed E-state index contributed by atoms with van der Waals surface area (Å²) < 4.78 is 10.0. The molecule has 0 saturated carbocycles. The summed E-state index contributed by atoms with van der Waals surface area (Å²) >= 11 is 1.35. The first-order valence-corrected chi connectivity index (χ1v) is 6.83. The van der Waals surface area contributed by atoms with E-state index in [4.69, 9.17) is 4.74 Å². The van der Waals surface area contributed by atoms with Crippen molar-refractivity contribution >= 4 is 23.7 Å². The van der Waals surface area contributed by atoms with E-state index in [0.29, 0.717) is 23.3 Å². The number of carbonyl (C=O) groups excluding carboxylic acids is 1. The fraction of sp³-hybridized carbons (Fsp3) is 0.636. The average Bonchev–Trinajstić information content (AvgIpc) is 2.37. The number of esters is 1. The zero-order chi connectivity index (χ0) is 14.3. The Morgan fingerprint density at radius 3 is 2.68 bits per heavy atom. The fourth-order valence-corrected chi connectivity index (χ4v) is 1.85. The molecule has 0 amide bonds. The van der Waals surface area contributed by atoms with Crippen molar-refractivity contribution in [2.75, 3.05) is 25.2 Å². The summed E-state index contributed by atoms with van der Waals surface area (Å²) in [5.74, 6) is 0.723. The van der Waals surface area contributed by atoms with Crippen LogP contribution in [0.4, 0.5) is 5.95 Å². The van der Waals surface area contributed by atoms with Crippen LogP contribution in [0.3, 0.4) is 0 Å². The van der Waals surface area contributed by atoms with Crippen molar-refractivity contribution in [2.24, 2.45) is 0 Å². The molecule has 0 saturated heterocycles. The van der Waals surface area contributed by atoms with Crippen LogP contribution in [-0.4, -0.2) is 46.9 Å². The molecule has 0 atom stereocenters. The third-order valence-electron chi connectivity index (χ3n) is 1.92. The Bertz CT molecular complexity index is 428. The molecule has 0 aliphatic heterocycles. The summed E-state index contributed by atoms with van der Waals surface area (Å²) in [5, 5.41) is 3.36. The van der Waals surface area contributed by atoms with E-state index >= 15 is 0 Å². The van der Waals surface area contributed by atoms with Gasteiger partial charge >= 0.3 is 12.0 Å². The van der Waals surface area contributed by atoms with Crippen molar-refractivity contribution in [2.45, 2.75) is 31.5 Å². The Balaban J connectivity index is 2.68. The van der Waals surface area contributed by atoms with Gasteiger partial charge in [-0.05, 0) is 13.8 Å². The molecule has 7 nitrogen and oxygen atoms in total. The lowest BCUT2D eigenvalue weighted by Crippen LogP contribution is -2.11. The Morgan fingerprint density at radius 2 is 2.11 bits per heavy atom. The lowest BCUT2D eigenvalue weighted by molar-refractivity contribution is -0.140. The smallest absolute Gasteiger partial charge is 0.322 e. The SMILES string of the molecule is CNc1nc(OC(C)C)nc(SCCC(=O)OC)n1. The lowest BCUT2D eigenvalue weighted by Gasteiger charge is -2.09. The van der Waals surface area contributed by atoms with Crippen molar-refractivity contribution in [1.82, 2.24) is 15.0 Å². The third-order valence-corrected chi connectivity index (χ3v) is 2.77.